The Morgan fingerprint density at radius 1 is 0.406 bits per heavy atom. The largest absolute Gasteiger partial charge is 0.276 e. The van der Waals surface area contributed by atoms with E-state index in [9.17, 15) is 0 Å². The highest BCUT2D eigenvalue weighted by molar-refractivity contribution is 6.23. The second-order valence-corrected chi connectivity index (χ2v) is 7.66. The lowest BCUT2D eigenvalue weighted by atomic mass is 10.1. The van der Waals surface area contributed by atoms with E-state index in [4.69, 9.17) is 0 Å². The molecule has 0 unspecified atom stereocenters. The molecule has 0 aliphatic heterocycles. The van der Waals surface area contributed by atoms with Gasteiger partial charge in [0.05, 0.1) is 22.1 Å². The van der Waals surface area contributed by atoms with E-state index < -0.39 is 0 Å². The Morgan fingerprint density at radius 3 is 1.25 bits per heavy atom. The van der Waals surface area contributed by atoms with Crippen molar-refractivity contribution in [2.75, 3.05) is 0 Å². The van der Waals surface area contributed by atoms with Crippen LogP contribution in [-0.4, -0.2) is 29.1 Å². The van der Waals surface area contributed by atoms with Gasteiger partial charge in [-0.05, 0) is 24.3 Å². The molecule has 0 spiro atoms. The standard InChI is InChI=1S/C26H16N6/c1-3-9-21-17(7-1)19-11-12-20-18-8-2-4-10-22(18)32(26-29-15-6-16-30-26)24(20)23(19)31(21)25-27-13-5-14-28-25/h1-16H. The van der Waals surface area contributed by atoms with Gasteiger partial charge in [0.25, 0.3) is 0 Å². The predicted molar refractivity (Wildman–Crippen MR) is 126 cm³/mol. The molecular formula is C26H16N6. The van der Waals surface area contributed by atoms with E-state index in [0.717, 1.165) is 43.6 Å². The maximum Gasteiger partial charge on any atom is 0.234 e. The summed E-state index contributed by atoms with van der Waals surface area (Å²) in [6.07, 6.45) is 7.11. The number of benzene rings is 3. The monoisotopic (exact) mass is 412 g/mol. The molecule has 6 heteroatoms. The van der Waals surface area contributed by atoms with E-state index in [1.165, 1.54) is 0 Å². The van der Waals surface area contributed by atoms with Crippen LogP contribution in [0.3, 0.4) is 0 Å². The third-order valence-electron chi connectivity index (χ3n) is 5.97. The van der Waals surface area contributed by atoms with Gasteiger partial charge >= 0.3 is 0 Å². The number of fused-ring (bicyclic) bond motifs is 7. The van der Waals surface area contributed by atoms with Crippen LogP contribution in [0.1, 0.15) is 0 Å². The number of hydrogen-bond donors (Lipinski definition) is 0. The van der Waals surface area contributed by atoms with Crippen molar-refractivity contribution < 1.29 is 0 Å². The van der Waals surface area contributed by atoms with Gasteiger partial charge in [0.15, 0.2) is 0 Å². The van der Waals surface area contributed by atoms with Crippen molar-refractivity contribution >= 4 is 43.6 Å². The Hall–Kier alpha value is -4.58. The van der Waals surface area contributed by atoms with Gasteiger partial charge in [0.1, 0.15) is 0 Å². The maximum atomic E-state index is 4.60. The molecule has 0 saturated heterocycles. The summed E-state index contributed by atoms with van der Waals surface area (Å²) in [5.74, 6) is 1.27. The van der Waals surface area contributed by atoms with Crippen LogP contribution in [0.4, 0.5) is 0 Å². The number of aromatic nitrogens is 6. The van der Waals surface area contributed by atoms with Gasteiger partial charge in [0, 0.05) is 46.3 Å². The molecule has 0 radical (unpaired) electrons. The average Bonchev–Trinajstić information content (AvgIpc) is 3.38. The Balaban J connectivity index is 1.81. The van der Waals surface area contributed by atoms with Crippen LogP contribution < -0.4 is 0 Å². The SMILES string of the molecule is c1cnc(-n2c3ccccc3c3ccc4c5ccccc5n(-c5ncccn5)c4c32)nc1. The van der Waals surface area contributed by atoms with Crippen LogP contribution in [0, 0.1) is 0 Å². The summed E-state index contributed by atoms with van der Waals surface area (Å²) < 4.78 is 4.29. The topological polar surface area (TPSA) is 61.4 Å². The van der Waals surface area contributed by atoms with Crippen molar-refractivity contribution in [1.29, 1.82) is 0 Å². The molecule has 7 rings (SSSR count). The highest BCUT2D eigenvalue weighted by Crippen LogP contribution is 2.40. The lowest BCUT2D eigenvalue weighted by Gasteiger charge is -2.09. The third kappa shape index (κ3) is 2.23. The number of rotatable bonds is 2. The fourth-order valence-electron chi connectivity index (χ4n) is 4.73. The molecule has 0 amide bonds. The molecule has 3 aromatic carbocycles. The van der Waals surface area contributed by atoms with Gasteiger partial charge in [-0.2, -0.15) is 0 Å². The van der Waals surface area contributed by atoms with Gasteiger partial charge in [0.2, 0.25) is 11.9 Å². The Bertz CT molecular complexity index is 1630. The Kier molecular flexibility index (Phi) is 3.46. The van der Waals surface area contributed by atoms with Gasteiger partial charge in [-0.25, -0.2) is 19.9 Å². The van der Waals surface area contributed by atoms with Crippen molar-refractivity contribution in [2.24, 2.45) is 0 Å². The molecule has 0 aliphatic rings. The lowest BCUT2D eigenvalue weighted by molar-refractivity contribution is 0.972. The minimum atomic E-state index is 0.636. The molecule has 4 heterocycles. The van der Waals surface area contributed by atoms with Crippen LogP contribution in [0.2, 0.25) is 0 Å². The zero-order valence-corrected chi connectivity index (χ0v) is 16.9. The summed E-state index contributed by atoms with van der Waals surface area (Å²) >= 11 is 0. The Labute approximate surface area is 182 Å². The van der Waals surface area contributed by atoms with Crippen molar-refractivity contribution in [3.8, 4) is 11.9 Å². The molecule has 6 nitrogen and oxygen atoms in total. The minimum Gasteiger partial charge on any atom is -0.276 e. The second-order valence-electron chi connectivity index (χ2n) is 7.66. The fraction of sp³-hybridized carbons (Fsp3) is 0. The first-order chi connectivity index (χ1) is 15.9. The van der Waals surface area contributed by atoms with Crippen LogP contribution in [0.25, 0.3) is 55.5 Å². The molecule has 0 aliphatic carbocycles. The summed E-state index contributed by atoms with van der Waals surface area (Å²) in [6.45, 7) is 0. The Morgan fingerprint density at radius 2 is 0.812 bits per heavy atom. The molecule has 7 aromatic rings. The second kappa shape index (κ2) is 6.46. The van der Waals surface area contributed by atoms with Crippen LogP contribution in [0.15, 0.2) is 97.6 Å². The van der Waals surface area contributed by atoms with Crippen molar-refractivity contribution in [3.63, 3.8) is 0 Å². The molecule has 0 atom stereocenters. The molecule has 150 valence electrons. The van der Waals surface area contributed by atoms with E-state index in [1.807, 2.05) is 24.3 Å². The summed E-state index contributed by atoms with van der Waals surface area (Å²) in [6, 6.07) is 24.8. The molecule has 0 N–H and O–H groups in total. The van der Waals surface area contributed by atoms with Crippen LogP contribution >= 0.6 is 0 Å². The zero-order chi connectivity index (χ0) is 21.1. The molecular weight excluding hydrogens is 396 g/mol. The van der Waals surface area contributed by atoms with Crippen LogP contribution in [-0.2, 0) is 0 Å². The van der Waals surface area contributed by atoms with Crippen molar-refractivity contribution in [3.05, 3.63) is 97.6 Å². The van der Waals surface area contributed by atoms with Gasteiger partial charge in [-0.3, -0.25) is 9.13 Å². The van der Waals surface area contributed by atoms with Crippen LogP contribution in [0.5, 0.6) is 0 Å². The summed E-state index contributed by atoms with van der Waals surface area (Å²) in [7, 11) is 0. The van der Waals surface area contributed by atoms with E-state index in [-0.39, 0.29) is 0 Å². The van der Waals surface area contributed by atoms with Crippen molar-refractivity contribution in [2.45, 2.75) is 0 Å². The quantitative estimate of drug-likeness (QED) is 0.378. The highest BCUT2D eigenvalue weighted by Gasteiger charge is 2.22. The summed E-state index contributed by atoms with van der Waals surface area (Å²) in [5.41, 5.74) is 4.20. The van der Waals surface area contributed by atoms with Gasteiger partial charge < -0.3 is 0 Å². The summed E-state index contributed by atoms with van der Waals surface area (Å²) in [4.78, 5) is 18.4. The third-order valence-corrected chi connectivity index (χ3v) is 5.97. The first-order valence-corrected chi connectivity index (χ1v) is 10.4. The van der Waals surface area contributed by atoms with Gasteiger partial charge in [-0.1, -0.05) is 48.5 Å². The number of hydrogen-bond acceptors (Lipinski definition) is 4. The number of para-hydroxylation sites is 2. The first kappa shape index (κ1) is 17.1. The fourth-order valence-corrected chi connectivity index (χ4v) is 4.73. The van der Waals surface area contributed by atoms with E-state index in [0.29, 0.717) is 11.9 Å². The minimum absolute atomic E-state index is 0.636. The smallest absolute Gasteiger partial charge is 0.234 e. The van der Waals surface area contributed by atoms with Crippen molar-refractivity contribution in [1.82, 2.24) is 29.1 Å². The number of nitrogens with zero attached hydrogens (tertiary/aromatic N) is 6. The molecule has 0 saturated carbocycles. The molecule has 4 aromatic heterocycles. The molecule has 0 fully saturated rings. The zero-order valence-electron chi connectivity index (χ0n) is 16.9. The highest BCUT2D eigenvalue weighted by atomic mass is 15.2. The average molecular weight is 412 g/mol. The normalized spacial score (nSPS) is 11.8. The lowest BCUT2D eigenvalue weighted by Crippen LogP contribution is -2.03. The molecule has 0 bridgehead atoms. The first-order valence-electron chi connectivity index (χ1n) is 10.4. The summed E-state index contributed by atoms with van der Waals surface area (Å²) in [5, 5.41) is 4.59. The molecule has 32 heavy (non-hydrogen) atoms. The van der Waals surface area contributed by atoms with Gasteiger partial charge in [-0.15, -0.1) is 0 Å². The van der Waals surface area contributed by atoms with E-state index >= 15 is 0 Å². The van der Waals surface area contributed by atoms with E-state index in [2.05, 4.69) is 77.6 Å². The van der Waals surface area contributed by atoms with E-state index in [1.54, 1.807) is 24.8 Å². The predicted octanol–water partition coefficient (Wildman–Crippen LogP) is 5.46. The maximum absolute atomic E-state index is 4.60.